The van der Waals surface area contributed by atoms with Crippen LogP contribution in [0.15, 0.2) is 24.3 Å². The summed E-state index contributed by atoms with van der Waals surface area (Å²) < 4.78 is 5.47. The third-order valence-corrected chi connectivity index (χ3v) is 4.03. The minimum absolute atomic E-state index is 0.469. The Morgan fingerprint density at radius 2 is 1.79 bits per heavy atom. The molecule has 19 heavy (non-hydrogen) atoms. The Morgan fingerprint density at radius 3 is 2.32 bits per heavy atom. The van der Waals surface area contributed by atoms with E-state index >= 15 is 0 Å². The fourth-order valence-corrected chi connectivity index (χ4v) is 3.06. The van der Waals surface area contributed by atoms with E-state index in [2.05, 4.69) is 50.5 Å². The van der Waals surface area contributed by atoms with Crippen LogP contribution in [0.1, 0.15) is 43.9 Å². The van der Waals surface area contributed by atoms with Gasteiger partial charge < -0.3 is 10.1 Å². The molecular weight excluding hydrogens is 234 g/mol. The minimum atomic E-state index is 0.469. The van der Waals surface area contributed by atoms with Crippen molar-refractivity contribution in [2.45, 2.75) is 39.2 Å². The highest BCUT2D eigenvalue weighted by atomic mass is 16.5. The van der Waals surface area contributed by atoms with Gasteiger partial charge in [-0.3, -0.25) is 0 Å². The van der Waals surface area contributed by atoms with E-state index in [1.54, 1.807) is 0 Å². The molecule has 1 fully saturated rings. The number of benzene rings is 1. The molecule has 1 N–H and O–H groups in total. The average Bonchev–Trinajstić information content (AvgIpc) is 2.42. The van der Waals surface area contributed by atoms with E-state index in [0.717, 1.165) is 19.1 Å². The smallest absolute Gasteiger partial charge is 0.0469 e. The van der Waals surface area contributed by atoms with Gasteiger partial charge >= 0.3 is 0 Å². The Balaban J connectivity index is 2.05. The van der Waals surface area contributed by atoms with Crippen molar-refractivity contribution in [1.29, 1.82) is 0 Å². The molecule has 2 rings (SSSR count). The summed E-state index contributed by atoms with van der Waals surface area (Å²) in [6.45, 7) is 6.36. The van der Waals surface area contributed by atoms with E-state index in [-0.39, 0.29) is 0 Å². The summed E-state index contributed by atoms with van der Waals surface area (Å²) in [5.41, 5.74) is 2.86. The number of hydrogen-bond donors (Lipinski definition) is 1. The monoisotopic (exact) mass is 261 g/mol. The second kappa shape index (κ2) is 7.06. The Bertz CT molecular complexity index is 365. The van der Waals surface area contributed by atoms with Crippen molar-refractivity contribution in [3.63, 3.8) is 0 Å². The molecule has 0 amide bonds. The predicted molar refractivity (Wildman–Crippen MR) is 80.3 cm³/mol. The molecule has 0 bridgehead atoms. The first-order chi connectivity index (χ1) is 9.20. The zero-order valence-corrected chi connectivity index (χ0v) is 12.5. The van der Waals surface area contributed by atoms with Crippen molar-refractivity contribution in [1.82, 2.24) is 5.32 Å². The number of rotatable bonds is 5. The number of nitrogens with one attached hydrogen (secondary N) is 1. The Morgan fingerprint density at radius 1 is 1.16 bits per heavy atom. The van der Waals surface area contributed by atoms with E-state index in [0.29, 0.717) is 12.0 Å². The van der Waals surface area contributed by atoms with Crippen LogP contribution in [0.2, 0.25) is 0 Å². The normalized spacial score (nSPS) is 18.7. The predicted octanol–water partition coefficient (Wildman–Crippen LogP) is 3.57. The second-order valence-corrected chi connectivity index (χ2v) is 6.06. The van der Waals surface area contributed by atoms with Gasteiger partial charge in [0, 0.05) is 19.3 Å². The van der Waals surface area contributed by atoms with Crippen LogP contribution in [0.5, 0.6) is 0 Å². The SMILES string of the molecule is CNC(c1ccc(CC(C)C)cc1)C1CCOCC1. The van der Waals surface area contributed by atoms with Gasteiger partial charge in [-0.15, -0.1) is 0 Å². The molecule has 1 aromatic rings. The average molecular weight is 261 g/mol. The molecule has 1 aliphatic rings. The maximum absolute atomic E-state index is 5.47. The minimum Gasteiger partial charge on any atom is -0.381 e. The molecule has 2 heteroatoms. The summed E-state index contributed by atoms with van der Waals surface area (Å²) in [7, 11) is 2.07. The molecular formula is C17H27NO. The first-order valence-electron chi connectivity index (χ1n) is 7.54. The standard InChI is InChI=1S/C17H27NO/c1-13(2)12-14-4-6-15(7-5-14)17(18-3)16-8-10-19-11-9-16/h4-7,13,16-18H,8-12H2,1-3H3. The summed E-state index contributed by atoms with van der Waals surface area (Å²) in [6.07, 6.45) is 3.50. The van der Waals surface area contributed by atoms with Crippen LogP contribution in [0.4, 0.5) is 0 Å². The lowest BCUT2D eigenvalue weighted by molar-refractivity contribution is 0.0546. The third kappa shape index (κ3) is 4.05. The molecule has 0 spiro atoms. The summed E-state index contributed by atoms with van der Waals surface area (Å²) in [6, 6.07) is 9.65. The lowest BCUT2D eigenvalue weighted by atomic mass is 9.86. The second-order valence-electron chi connectivity index (χ2n) is 6.06. The third-order valence-electron chi connectivity index (χ3n) is 4.03. The van der Waals surface area contributed by atoms with E-state index in [1.807, 2.05) is 0 Å². The van der Waals surface area contributed by atoms with Gasteiger partial charge in [0.05, 0.1) is 0 Å². The molecule has 0 aromatic heterocycles. The van der Waals surface area contributed by atoms with E-state index in [1.165, 1.54) is 30.4 Å². The van der Waals surface area contributed by atoms with Gasteiger partial charge in [0.15, 0.2) is 0 Å². The Labute approximate surface area is 117 Å². The van der Waals surface area contributed by atoms with Gasteiger partial charge in [-0.25, -0.2) is 0 Å². The molecule has 2 nitrogen and oxygen atoms in total. The van der Waals surface area contributed by atoms with Gasteiger partial charge in [-0.05, 0) is 49.3 Å². The summed E-state index contributed by atoms with van der Waals surface area (Å²) in [5, 5.41) is 3.49. The van der Waals surface area contributed by atoms with Crippen LogP contribution < -0.4 is 5.32 Å². The van der Waals surface area contributed by atoms with Crippen LogP contribution >= 0.6 is 0 Å². The Hall–Kier alpha value is -0.860. The zero-order valence-electron chi connectivity index (χ0n) is 12.5. The van der Waals surface area contributed by atoms with Gasteiger partial charge in [0.25, 0.3) is 0 Å². The van der Waals surface area contributed by atoms with Gasteiger partial charge in [0.1, 0.15) is 0 Å². The molecule has 1 heterocycles. The molecule has 0 aliphatic carbocycles. The fourth-order valence-electron chi connectivity index (χ4n) is 3.06. The molecule has 0 radical (unpaired) electrons. The fraction of sp³-hybridized carbons (Fsp3) is 0.647. The highest BCUT2D eigenvalue weighted by Crippen LogP contribution is 2.30. The zero-order chi connectivity index (χ0) is 13.7. The molecule has 1 saturated heterocycles. The van der Waals surface area contributed by atoms with Crippen molar-refractivity contribution in [3.8, 4) is 0 Å². The molecule has 1 aliphatic heterocycles. The lowest BCUT2D eigenvalue weighted by Crippen LogP contribution is -2.29. The summed E-state index contributed by atoms with van der Waals surface area (Å²) in [4.78, 5) is 0. The molecule has 0 saturated carbocycles. The molecule has 106 valence electrons. The van der Waals surface area contributed by atoms with Gasteiger partial charge in [0.2, 0.25) is 0 Å². The highest BCUT2D eigenvalue weighted by Gasteiger charge is 2.23. The van der Waals surface area contributed by atoms with Crippen molar-refractivity contribution in [2.24, 2.45) is 11.8 Å². The molecule has 1 atom stereocenters. The summed E-state index contributed by atoms with van der Waals surface area (Å²) in [5.74, 6) is 1.43. The van der Waals surface area contributed by atoms with Crippen molar-refractivity contribution in [2.75, 3.05) is 20.3 Å². The van der Waals surface area contributed by atoms with Crippen molar-refractivity contribution >= 4 is 0 Å². The van der Waals surface area contributed by atoms with Crippen LogP contribution in [-0.4, -0.2) is 20.3 Å². The van der Waals surface area contributed by atoms with Crippen LogP contribution in [0.3, 0.4) is 0 Å². The van der Waals surface area contributed by atoms with Crippen molar-refractivity contribution < 1.29 is 4.74 Å². The first kappa shape index (κ1) is 14.5. The van der Waals surface area contributed by atoms with E-state index in [4.69, 9.17) is 4.74 Å². The number of hydrogen-bond acceptors (Lipinski definition) is 2. The maximum atomic E-state index is 5.47. The number of ether oxygens (including phenoxy) is 1. The van der Waals surface area contributed by atoms with Crippen molar-refractivity contribution in [3.05, 3.63) is 35.4 Å². The molecule has 1 aromatic carbocycles. The van der Waals surface area contributed by atoms with Crippen LogP contribution in [0.25, 0.3) is 0 Å². The Kier molecular flexibility index (Phi) is 5.41. The van der Waals surface area contributed by atoms with Gasteiger partial charge in [-0.1, -0.05) is 38.1 Å². The summed E-state index contributed by atoms with van der Waals surface area (Å²) >= 11 is 0. The topological polar surface area (TPSA) is 21.3 Å². The molecule has 1 unspecified atom stereocenters. The van der Waals surface area contributed by atoms with E-state index < -0.39 is 0 Å². The van der Waals surface area contributed by atoms with Crippen LogP contribution in [0, 0.1) is 11.8 Å². The first-order valence-corrected chi connectivity index (χ1v) is 7.54. The quantitative estimate of drug-likeness (QED) is 0.875. The van der Waals surface area contributed by atoms with E-state index in [9.17, 15) is 0 Å². The lowest BCUT2D eigenvalue weighted by Gasteiger charge is -2.30. The largest absolute Gasteiger partial charge is 0.381 e. The van der Waals surface area contributed by atoms with Gasteiger partial charge in [-0.2, -0.15) is 0 Å². The highest BCUT2D eigenvalue weighted by molar-refractivity contribution is 5.26. The van der Waals surface area contributed by atoms with Crippen LogP contribution in [-0.2, 0) is 11.2 Å². The maximum Gasteiger partial charge on any atom is 0.0469 e.